The molecule has 1 aliphatic rings. The number of aromatic nitrogens is 5. The van der Waals surface area contributed by atoms with E-state index in [4.69, 9.17) is 21.4 Å². The fraction of sp³-hybridized carbons (Fsp3) is 0.167. The predicted molar refractivity (Wildman–Crippen MR) is 95.2 cm³/mol. The summed E-state index contributed by atoms with van der Waals surface area (Å²) in [6.07, 6.45) is 3.59. The van der Waals surface area contributed by atoms with Crippen LogP contribution in [0, 0.1) is 0 Å². The van der Waals surface area contributed by atoms with Crippen molar-refractivity contribution in [2.75, 3.05) is 6.61 Å². The molecule has 25 heavy (non-hydrogen) atoms. The van der Waals surface area contributed by atoms with Crippen molar-refractivity contribution in [1.82, 2.24) is 25.0 Å². The Balaban J connectivity index is 1.81. The minimum absolute atomic E-state index is 0.539. The van der Waals surface area contributed by atoms with Crippen LogP contribution in [0.1, 0.15) is 5.69 Å². The zero-order valence-electron chi connectivity index (χ0n) is 13.2. The summed E-state index contributed by atoms with van der Waals surface area (Å²) in [6.45, 7) is 1.96. The van der Waals surface area contributed by atoms with Gasteiger partial charge < -0.3 is 4.74 Å². The molecule has 0 unspecified atom stereocenters. The monoisotopic (exact) mass is 351 g/mol. The second-order valence-corrected chi connectivity index (χ2v) is 6.38. The predicted octanol–water partition coefficient (Wildman–Crippen LogP) is 3.67. The van der Waals surface area contributed by atoms with Crippen LogP contribution in [0.2, 0.25) is 5.02 Å². The molecule has 0 spiro atoms. The number of hydrogen-bond acceptors (Lipinski definition) is 4. The second-order valence-electron chi connectivity index (χ2n) is 5.94. The van der Waals surface area contributed by atoms with Crippen LogP contribution in [0.3, 0.4) is 0 Å². The van der Waals surface area contributed by atoms with E-state index in [1.165, 1.54) is 0 Å². The molecule has 0 amide bonds. The molecule has 0 fully saturated rings. The molecule has 124 valence electrons. The lowest BCUT2D eigenvalue weighted by Gasteiger charge is -2.15. The van der Waals surface area contributed by atoms with Crippen LogP contribution in [0.4, 0.5) is 0 Å². The van der Waals surface area contributed by atoms with Gasteiger partial charge in [-0.05, 0) is 23.8 Å². The molecule has 3 aromatic heterocycles. The Morgan fingerprint density at radius 1 is 1.16 bits per heavy atom. The van der Waals surface area contributed by atoms with Crippen molar-refractivity contribution in [3.63, 3.8) is 0 Å². The number of halogens is 1. The highest BCUT2D eigenvalue weighted by Gasteiger charge is 2.24. The molecule has 0 bridgehead atoms. The van der Waals surface area contributed by atoms with Crippen LogP contribution < -0.4 is 0 Å². The van der Waals surface area contributed by atoms with Gasteiger partial charge in [0.15, 0.2) is 5.65 Å². The third-order valence-corrected chi connectivity index (χ3v) is 4.74. The molecule has 0 atom stereocenters. The molecule has 0 saturated heterocycles. The molecule has 1 N–H and O–H groups in total. The number of benzene rings is 1. The molecular formula is C18H14ClN5O. The summed E-state index contributed by atoms with van der Waals surface area (Å²) in [7, 11) is 0. The van der Waals surface area contributed by atoms with Crippen molar-refractivity contribution in [3.05, 3.63) is 53.4 Å². The number of ether oxygens (including phenoxy) is 1. The highest BCUT2D eigenvalue weighted by atomic mass is 35.5. The fourth-order valence-electron chi connectivity index (χ4n) is 3.31. The lowest BCUT2D eigenvalue weighted by atomic mass is 9.97. The molecular weight excluding hydrogens is 338 g/mol. The van der Waals surface area contributed by atoms with E-state index >= 15 is 0 Å². The van der Waals surface area contributed by atoms with Gasteiger partial charge in [-0.15, -0.1) is 0 Å². The number of nitrogens with zero attached hydrogens (tertiary/aromatic N) is 4. The summed E-state index contributed by atoms with van der Waals surface area (Å²) in [4.78, 5) is 4.34. The van der Waals surface area contributed by atoms with Gasteiger partial charge in [0, 0.05) is 27.7 Å². The Morgan fingerprint density at radius 3 is 2.92 bits per heavy atom. The number of hydrogen-bond donors (Lipinski definition) is 1. The van der Waals surface area contributed by atoms with Crippen molar-refractivity contribution >= 4 is 22.6 Å². The van der Waals surface area contributed by atoms with Gasteiger partial charge in [-0.3, -0.25) is 9.78 Å². The zero-order chi connectivity index (χ0) is 16.8. The summed E-state index contributed by atoms with van der Waals surface area (Å²) in [5, 5.41) is 13.6. The quantitative estimate of drug-likeness (QED) is 0.598. The van der Waals surface area contributed by atoms with Crippen molar-refractivity contribution < 1.29 is 4.74 Å². The van der Waals surface area contributed by atoms with E-state index in [-0.39, 0.29) is 0 Å². The normalized spacial score (nSPS) is 14.0. The van der Waals surface area contributed by atoms with E-state index in [9.17, 15) is 0 Å². The van der Waals surface area contributed by atoms with Gasteiger partial charge in [0.2, 0.25) is 0 Å². The van der Waals surface area contributed by atoms with E-state index < -0.39 is 0 Å². The minimum Gasteiger partial charge on any atom is -0.373 e. The summed E-state index contributed by atoms with van der Waals surface area (Å²) in [5.41, 5.74) is 5.90. The topological polar surface area (TPSA) is 68.6 Å². The van der Waals surface area contributed by atoms with Gasteiger partial charge in [-0.1, -0.05) is 23.7 Å². The van der Waals surface area contributed by atoms with Gasteiger partial charge in [0.25, 0.3) is 0 Å². The lowest BCUT2D eigenvalue weighted by molar-refractivity contribution is 0.0805. The molecule has 0 saturated carbocycles. The zero-order valence-corrected chi connectivity index (χ0v) is 14.0. The highest BCUT2D eigenvalue weighted by molar-refractivity contribution is 6.30. The van der Waals surface area contributed by atoms with Gasteiger partial charge in [0.05, 0.1) is 31.6 Å². The molecule has 0 aliphatic carbocycles. The fourth-order valence-corrected chi connectivity index (χ4v) is 3.44. The maximum Gasteiger partial charge on any atom is 0.155 e. The number of nitrogens with one attached hydrogen (secondary N) is 1. The molecule has 6 nitrogen and oxygen atoms in total. The number of pyridine rings is 1. The standard InChI is InChI=1S/C18H14ClN5O/c19-12-3-1-11(2-4-12)17-16(15-10-25-8-7-24(15)23-17)13-5-6-20-18-14(13)9-21-22-18/h1-6,9H,7-8,10H2,(H,20,21,22). The van der Waals surface area contributed by atoms with Gasteiger partial charge in [-0.25, -0.2) is 4.98 Å². The Hall–Kier alpha value is -2.70. The van der Waals surface area contributed by atoms with Crippen molar-refractivity contribution in [2.24, 2.45) is 0 Å². The maximum atomic E-state index is 6.05. The second kappa shape index (κ2) is 5.68. The van der Waals surface area contributed by atoms with Crippen LogP contribution >= 0.6 is 11.6 Å². The summed E-state index contributed by atoms with van der Waals surface area (Å²) < 4.78 is 7.74. The third-order valence-electron chi connectivity index (χ3n) is 4.49. The average molecular weight is 352 g/mol. The van der Waals surface area contributed by atoms with Crippen molar-refractivity contribution in [2.45, 2.75) is 13.2 Å². The lowest BCUT2D eigenvalue weighted by Crippen LogP contribution is -2.17. The van der Waals surface area contributed by atoms with E-state index in [0.29, 0.717) is 18.2 Å². The number of fused-ring (bicyclic) bond motifs is 2. The van der Waals surface area contributed by atoms with Crippen LogP contribution in [0.15, 0.2) is 42.7 Å². The molecule has 1 aliphatic heterocycles. The summed E-state index contributed by atoms with van der Waals surface area (Å²) in [6, 6.07) is 9.76. The van der Waals surface area contributed by atoms with Crippen LogP contribution in [0.25, 0.3) is 33.4 Å². The first-order valence-electron chi connectivity index (χ1n) is 8.03. The van der Waals surface area contributed by atoms with Crippen molar-refractivity contribution in [3.8, 4) is 22.4 Å². The molecule has 5 rings (SSSR count). The third kappa shape index (κ3) is 2.33. The highest BCUT2D eigenvalue weighted by Crippen LogP contribution is 2.38. The average Bonchev–Trinajstić information content (AvgIpc) is 3.26. The number of aromatic amines is 1. The van der Waals surface area contributed by atoms with Gasteiger partial charge in [-0.2, -0.15) is 10.2 Å². The first-order valence-corrected chi connectivity index (χ1v) is 8.41. The first kappa shape index (κ1) is 14.6. The maximum absolute atomic E-state index is 6.05. The Kier molecular flexibility index (Phi) is 3.33. The summed E-state index contributed by atoms with van der Waals surface area (Å²) >= 11 is 6.05. The Labute approximate surface area is 148 Å². The van der Waals surface area contributed by atoms with E-state index in [2.05, 4.69) is 15.2 Å². The number of H-pyrrole nitrogens is 1. The van der Waals surface area contributed by atoms with E-state index in [0.717, 1.165) is 45.7 Å². The molecule has 4 heterocycles. The molecule has 7 heteroatoms. The van der Waals surface area contributed by atoms with Crippen molar-refractivity contribution in [1.29, 1.82) is 0 Å². The van der Waals surface area contributed by atoms with E-state index in [1.54, 1.807) is 12.4 Å². The SMILES string of the molecule is Clc1ccc(-c2nn3c(c2-c2ccnc4[nH]ncc24)COCC3)cc1. The van der Waals surface area contributed by atoms with Gasteiger partial charge >= 0.3 is 0 Å². The largest absolute Gasteiger partial charge is 0.373 e. The van der Waals surface area contributed by atoms with Gasteiger partial charge in [0.1, 0.15) is 5.69 Å². The number of rotatable bonds is 2. The summed E-state index contributed by atoms with van der Waals surface area (Å²) in [5.74, 6) is 0. The Morgan fingerprint density at radius 2 is 2.04 bits per heavy atom. The van der Waals surface area contributed by atoms with Crippen LogP contribution in [-0.4, -0.2) is 31.6 Å². The van der Waals surface area contributed by atoms with Crippen LogP contribution in [0.5, 0.6) is 0 Å². The smallest absolute Gasteiger partial charge is 0.155 e. The first-order chi connectivity index (χ1) is 12.3. The molecule has 4 aromatic rings. The minimum atomic E-state index is 0.539. The Bertz CT molecular complexity index is 1070. The van der Waals surface area contributed by atoms with Crippen LogP contribution in [-0.2, 0) is 17.9 Å². The van der Waals surface area contributed by atoms with E-state index in [1.807, 2.05) is 35.0 Å². The molecule has 0 radical (unpaired) electrons. The molecule has 1 aromatic carbocycles.